The summed E-state index contributed by atoms with van der Waals surface area (Å²) in [7, 11) is 1.53. The average Bonchev–Trinajstić information content (AvgIpc) is 3.16. The van der Waals surface area contributed by atoms with Gasteiger partial charge in [-0.1, -0.05) is 11.8 Å². The van der Waals surface area contributed by atoms with E-state index in [9.17, 15) is 15.3 Å². The standard InChI is InChI=1S/C15H21N7O4/c1-18-15(22-8-21-10-12(17)19-7-20-13(10)22)14(25,4-2-3-5-16)11(24)9(6-23)26-15/h7-9,11,18,23-25H,4-6,16H2,1H3,(H2,17,19,20)/t9-,11-,14-,15+/m1/s1. The SMILES string of the molecule is CN[C@@]1(n2cnc3c(N)ncnc32)O[C@H](CO)[C@@H](O)[C@]1(O)CC#CCN. The quantitative estimate of drug-likeness (QED) is 0.308. The van der Waals surface area contributed by atoms with Crippen LogP contribution < -0.4 is 16.8 Å². The Bertz CT molecular complexity index is 863. The fourth-order valence-corrected chi connectivity index (χ4v) is 3.27. The van der Waals surface area contributed by atoms with Crippen molar-refractivity contribution < 1.29 is 20.1 Å². The predicted molar refractivity (Wildman–Crippen MR) is 91.1 cm³/mol. The number of anilines is 1. The minimum atomic E-state index is -1.94. The summed E-state index contributed by atoms with van der Waals surface area (Å²) in [5.41, 5.74) is 9.85. The van der Waals surface area contributed by atoms with E-state index in [-0.39, 0.29) is 24.4 Å². The molecule has 0 bridgehead atoms. The Morgan fingerprint density at radius 2 is 2.15 bits per heavy atom. The zero-order valence-corrected chi connectivity index (χ0v) is 14.1. The monoisotopic (exact) mass is 363 g/mol. The summed E-state index contributed by atoms with van der Waals surface area (Å²) < 4.78 is 7.27. The van der Waals surface area contributed by atoms with Crippen LogP contribution in [0.1, 0.15) is 6.42 Å². The van der Waals surface area contributed by atoms with Gasteiger partial charge >= 0.3 is 0 Å². The first-order valence-corrected chi connectivity index (χ1v) is 7.93. The van der Waals surface area contributed by atoms with E-state index in [1.165, 1.54) is 24.3 Å². The van der Waals surface area contributed by atoms with Crippen LogP contribution in [0.2, 0.25) is 0 Å². The highest BCUT2D eigenvalue weighted by atomic mass is 16.6. The van der Waals surface area contributed by atoms with Crippen LogP contribution in [0.15, 0.2) is 12.7 Å². The Hall–Kier alpha value is -2.33. The van der Waals surface area contributed by atoms with Crippen molar-refractivity contribution in [2.45, 2.75) is 30.1 Å². The van der Waals surface area contributed by atoms with Crippen LogP contribution in [-0.2, 0) is 10.6 Å². The number of nitrogens with one attached hydrogen (secondary N) is 1. The number of imidazole rings is 1. The van der Waals surface area contributed by atoms with E-state index in [4.69, 9.17) is 16.2 Å². The molecular weight excluding hydrogens is 342 g/mol. The van der Waals surface area contributed by atoms with Crippen LogP contribution in [0.5, 0.6) is 0 Å². The fourth-order valence-electron chi connectivity index (χ4n) is 3.27. The molecule has 0 saturated carbocycles. The molecule has 4 atom stereocenters. The Balaban J connectivity index is 2.22. The van der Waals surface area contributed by atoms with Gasteiger partial charge in [-0.25, -0.2) is 15.0 Å². The molecular formula is C15H21N7O4. The van der Waals surface area contributed by atoms with Gasteiger partial charge in [0.15, 0.2) is 17.1 Å². The number of aromatic nitrogens is 4. The molecule has 26 heavy (non-hydrogen) atoms. The predicted octanol–water partition coefficient (Wildman–Crippen LogP) is -2.93. The number of nitrogens with zero attached hydrogens (tertiary/aromatic N) is 4. The summed E-state index contributed by atoms with van der Waals surface area (Å²) >= 11 is 0. The lowest BCUT2D eigenvalue weighted by Gasteiger charge is -2.41. The highest BCUT2D eigenvalue weighted by Gasteiger charge is 2.66. The minimum Gasteiger partial charge on any atom is -0.394 e. The molecule has 0 aliphatic carbocycles. The maximum Gasteiger partial charge on any atom is 0.238 e. The number of nitrogen functional groups attached to an aromatic ring is 1. The van der Waals surface area contributed by atoms with Gasteiger partial charge in [0.05, 0.1) is 13.2 Å². The van der Waals surface area contributed by atoms with Crippen molar-refractivity contribution in [1.29, 1.82) is 0 Å². The van der Waals surface area contributed by atoms with Gasteiger partial charge in [-0.3, -0.25) is 9.88 Å². The van der Waals surface area contributed by atoms with E-state index >= 15 is 0 Å². The van der Waals surface area contributed by atoms with E-state index in [2.05, 4.69) is 32.1 Å². The molecule has 3 heterocycles. The highest BCUT2D eigenvalue weighted by Crippen LogP contribution is 2.44. The van der Waals surface area contributed by atoms with E-state index in [0.717, 1.165) is 0 Å². The van der Waals surface area contributed by atoms with Crippen LogP contribution in [0.4, 0.5) is 5.82 Å². The summed E-state index contributed by atoms with van der Waals surface area (Å²) in [5, 5.41) is 34.5. The summed E-state index contributed by atoms with van der Waals surface area (Å²) in [6.07, 6.45) is -0.0721. The van der Waals surface area contributed by atoms with E-state index in [1.807, 2.05) is 0 Å². The van der Waals surface area contributed by atoms with Crippen LogP contribution >= 0.6 is 0 Å². The van der Waals surface area contributed by atoms with Gasteiger partial charge in [0, 0.05) is 6.42 Å². The third kappa shape index (κ3) is 2.43. The maximum absolute atomic E-state index is 11.4. The van der Waals surface area contributed by atoms with Gasteiger partial charge in [-0.2, -0.15) is 0 Å². The summed E-state index contributed by atoms with van der Waals surface area (Å²) in [5.74, 6) is 3.82. The molecule has 2 aromatic heterocycles. The zero-order valence-electron chi connectivity index (χ0n) is 14.1. The van der Waals surface area contributed by atoms with Crippen LogP contribution in [0, 0.1) is 11.8 Å². The Morgan fingerprint density at radius 3 is 2.81 bits per heavy atom. The molecule has 3 rings (SSSR count). The molecule has 0 radical (unpaired) electrons. The molecule has 1 aliphatic heterocycles. The lowest BCUT2D eigenvalue weighted by molar-refractivity contribution is -0.209. The second kappa shape index (κ2) is 6.76. The normalized spacial score (nSPS) is 31.1. The van der Waals surface area contributed by atoms with Gasteiger partial charge in [0.1, 0.15) is 30.4 Å². The van der Waals surface area contributed by atoms with E-state index in [0.29, 0.717) is 5.52 Å². The van der Waals surface area contributed by atoms with Crippen molar-refractivity contribution in [1.82, 2.24) is 24.8 Å². The zero-order chi connectivity index (χ0) is 18.9. The second-order valence-corrected chi connectivity index (χ2v) is 5.88. The molecule has 0 amide bonds. The Kier molecular flexibility index (Phi) is 4.80. The smallest absolute Gasteiger partial charge is 0.238 e. The maximum atomic E-state index is 11.4. The number of fused-ring (bicyclic) bond motifs is 1. The molecule has 11 nitrogen and oxygen atoms in total. The first-order valence-electron chi connectivity index (χ1n) is 7.93. The number of rotatable bonds is 4. The molecule has 1 aliphatic rings. The van der Waals surface area contributed by atoms with E-state index in [1.54, 1.807) is 0 Å². The van der Waals surface area contributed by atoms with Gasteiger partial charge < -0.3 is 31.5 Å². The van der Waals surface area contributed by atoms with Crippen LogP contribution in [-0.4, -0.2) is 72.8 Å². The number of ether oxygens (including phenoxy) is 1. The molecule has 8 N–H and O–H groups in total. The first kappa shape index (κ1) is 18.5. The number of hydrogen-bond acceptors (Lipinski definition) is 10. The molecule has 11 heteroatoms. The average molecular weight is 363 g/mol. The third-order valence-corrected chi connectivity index (χ3v) is 4.55. The molecule has 140 valence electrons. The fraction of sp³-hybridized carbons (Fsp3) is 0.533. The minimum absolute atomic E-state index is 0.0980. The van der Waals surface area contributed by atoms with Crippen molar-refractivity contribution >= 4 is 17.0 Å². The molecule has 0 spiro atoms. The summed E-state index contributed by atoms with van der Waals surface area (Å²) in [4.78, 5) is 12.2. The van der Waals surface area contributed by atoms with Crippen molar-refractivity contribution in [3.8, 4) is 11.8 Å². The number of nitrogens with two attached hydrogens (primary N) is 2. The molecule has 1 fully saturated rings. The van der Waals surface area contributed by atoms with Gasteiger partial charge in [-0.15, -0.1) is 0 Å². The largest absolute Gasteiger partial charge is 0.394 e. The summed E-state index contributed by atoms with van der Waals surface area (Å²) in [6.45, 7) is -0.415. The van der Waals surface area contributed by atoms with Crippen LogP contribution in [0.25, 0.3) is 11.2 Å². The lowest BCUT2D eigenvalue weighted by Crippen LogP contribution is -2.63. The number of likely N-dealkylation sites (N-methyl/N-ethyl adjacent to an activating group) is 1. The van der Waals surface area contributed by atoms with E-state index < -0.39 is 30.3 Å². The number of aliphatic hydroxyl groups is 3. The number of aliphatic hydroxyl groups excluding tert-OH is 2. The lowest BCUT2D eigenvalue weighted by atomic mass is 9.87. The topological polar surface area (TPSA) is 178 Å². The second-order valence-electron chi connectivity index (χ2n) is 5.88. The van der Waals surface area contributed by atoms with Gasteiger partial charge in [0.2, 0.25) is 5.85 Å². The van der Waals surface area contributed by atoms with Crippen molar-refractivity contribution in [2.75, 3.05) is 25.9 Å². The third-order valence-electron chi connectivity index (χ3n) is 4.55. The van der Waals surface area contributed by atoms with Gasteiger partial charge in [0.25, 0.3) is 0 Å². The van der Waals surface area contributed by atoms with Gasteiger partial charge in [-0.05, 0) is 7.05 Å². The Labute approximate surface area is 149 Å². The Morgan fingerprint density at radius 1 is 1.38 bits per heavy atom. The highest BCUT2D eigenvalue weighted by molar-refractivity contribution is 5.81. The summed E-state index contributed by atoms with van der Waals surface area (Å²) in [6, 6.07) is 0. The van der Waals surface area contributed by atoms with Crippen molar-refractivity contribution in [3.63, 3.8) is 0 Å². The number of hydrogen-bond donors (Lipinski definition) is 6. The van der Waals surface area contributed by atoms with Crippen molar-refractivity contribution in [2.24, 2.45) is 5.73 Å². The molecule has 1 saturated heterocycles. The van der Waals surface area contributed by atoms with Crippen LogP contribution in [0.3, 0.4) is 0 Å². The molecule has 2 aromatic rings. The molecule has 0 unspecified atom stereocenters. The first-order chi connectivity index (χ1) is 12.4. The molecule has 0 aromatic carbocycles. The van der Waals surface area contributed by atoms with Crippen molar-refractivity contribution in [3.05, 3.63) is 12.7 Å².